The van der Waals surface area contributed by atoms with Crippen molar-refractivity contribution in [1.29, 1.82) is 0 Å². The summed E-state index contributed by atoms with van der Waals surface area (Å²) in [7, 11) is 1.54. The molecule has 0 N–H and O–H groups in total. The molecule has 0 fully saturated rings. The summed E-state index contributed by atoms with van der Waals surface area (Å²) in [6.07, 6.45) is 2.62. The molecular formula is C15H16ClNO4. The highest BCUT2D eigenvalue weighted by molar-refractivity contribution is 6.30. The number of halogens is 1. The number of hydrogen-bond acceptors (Lipinski definition) is 4. The van der Waals surface area contributed by atoms with Crippen LogP contribution in [0, 0.1) is 16.0 Å². The summed E-state index contributed by atoms with van der Waals surface area (Å²) in [4.78, 5) is 22.1. The van der Waals surface area contributed by atoms with Gasteiger partial charge in [0.2, 0.25) is 6.04 Å². The summed E-state index contributed by atoms with van der Waals surface area (Å²) < 4.78 is 5.17. The smallest absolute Gasteiger partial charge is 0.224 e. The highest BCUT2D eigenvalue weighted by Gasteiger charge is 2.41. The number of carbonyl (C=O) groups is 1. The van der Waals surface area contributed by atoms with Crippen LogP contribution in [-0.4, -0.2) is 31.0 Å². The van der Waals surface area contributed by atoms with Gasteiger partial charge in [-0.2, -0.15) is 0 Å². The van der Waals surface area contributed by atoms with Crippen LogP contribution in [0.15, 0.2) is 35.9 Å². The van der Waals surface area contributed by atoms with Crippen molar-refractivity contribution in [2.45, 2.75) is 18.4 Å². The first kappa shape index (κ1) is 15.7. The van der Waals surface area contributed by atoms with E-state index in [9.17, 15) is 14.9 Å². The molecule has 1 aromatic carbocycles. The Morgan fingerprint density at radius 2 is 2.10 bits per heavy atom. The summed E-state index contributed by atoms with van der Waals surface area (Å²) in [6, 6.07) is 6.20. The predicted octanol–water partition coefficient (Wildman–Crippen LogP) is 2.86. The maximum absolute atomic E-state index is 11.4. The second-order valence-corrected chi connectivity index (χ2v) is 5.55. The minimum absolute atomic E-state index is 0.143. The third-order valence-electron chi connectivity index (χ3n) is 3.78. The number of rotatable bonds is 5. The molecule has 112 valence electrons. The lowest BCUT2D eigenvalue weighted by atomic mass is 9.74. The highest BCUT2D eigenvalue weighted by Crippen LogP contribution is 2.38. The number of carbonyl (C=O) groups excluding carboxylic acids is 1. The molecule has 1 aromatic rings. The molecule has 0 aromatic heterocycles. The van der Waals surface area contributed by atoms with E-state index >= 15 is 0 Å². The van der Waals surface area contributed by atoms with Gasteiger partial charge in [0, 0.05) is 29.4 Å². The Bertz CT molecular complexity index is 555. The van der Waals surface area contributed by atoms with Crippen molar-refractivity contribution < 1.29 is 14.5 Å². The molecule has 3 atom stereocenters. The molecule has 0 radical (unpaired) electrons. The molecule has 0 heterocycles. The van der Waals surface area contributed by atoms with E-state index in [0.29, 0.717) is 23.5 Å². The average molecular weight is 310 g/mol. The maximum atomic E-state index is 11.4. The van der Waals surface area contributed by atoms with Crippen molar-refractivity contribution >= 4 is 17.9 Å². The Hall–Kier alpha value is -1.72. The first-order chi connectivity index (χ1) is 10.1. The Labute approximate surface area is 127 Å². The van der Waals surface area contributed by atoms with Gasteiger partial charge in [-0.05, 0) is 23.3 Å². The highest BCUT2D eigenvalue weighted by atomic mass is 35.5. The van der Waals surface area contributed by atoms with Gasteiger partial charge in [0.25, 0.3) is 0 Å². The molecule has 0 amide bonds. The largest absolute Gasteiger partial charge is 0.384 e. The summed E-state index contributed by atoms with van der Waals surface area (Å²) in [5.74, 6) is -0.540. The predicted molar refractivity (Wildman–Crippen MR) is 79.1 cm³/mol. The minimum Gasteiger partial charge on any atom is -0.384 e. The maximum Gasteiger partial charge on any atom is 0.224 e. The van der Waals surface area contributed by atoms with Gasteiger partial charge in [0.05, 0.1) is 12.5 Å². The molecule has 5 nitrogen and oxygen atoms in total. The third kappa shape index (κ3) is 3.49. The monoisotopic (exact) mass is 309 g/mol. The van der Waals surface area contributed by atoms with E-state index in [1.165, 1.54) is 0 Å². The first-order valence-corrected chi connectivity index (χ1v) is 6.98. The number of nitrogens with zero attached hydrogens (tertiary/aromatic N) is 1. The zero-order valence-electron chi connectivity index (χ0n) is 11.6. The van der Waals surface area contributed by atoms with E-state index in [0.717, 1.165) is 5.56 Å². The zero-order valence-corrected chi connectivity index (χ0v) is 12.3. The van der Waals surface area contributed by atoms with Gasteiger partial charge in [-0.25, -0.2) is 0 Å². The van der Waals surface area contributed by atoms with Crippen LogP contribution < -0.4 is 0 Å². The normalized spacial score (nSPS) is 25.2. The van der Waals surface area contributed by atoms with E-state index in [2.05, 4.69) is 0 Å². The standard InChI is InChI=1S/C15H16ClNO4/c1-21-9-12-6-10(8-18)7-14(17(19)20)15(12)11-2-4-13(16)5-3-11/h2-6,8,12,14-15H,7,9H2,1H3/t12-,14+,15-/m1/s1. The molecule has 21 heavy (non-hydrogen) atoms. The zero-order chi connectivity index (χ0) is 15.4. The van der Waals surface area contributed by atoms with Crippen molar-refractivity contribution in [3.63, 3.8) is 0 Å². The molecule has 0 bridgehead atoms. The van der Waals surface area contributed by atoms with Gasteiger partial charge in [-0.1, -0.05) is 29.8 Å². The van der Waals surface area contributed by atoms with Crippen molar-refractivity contribution in [2.75, 3.05) is 13.7 Å². The van der Waals surface area contributed by atoms with E-state index in [1.54, 1.807) is 37.5 Å². The summed E-state index contributed by atoms with van der Waals surface area (Å²) in [5.41, 5.74) is 1.30. The molecule has 6 heteroatoms. The van der Waals surface area contributed by atoms with Crippen molar-refractivity contribution in [3.8, 4) is 0 Å². The van der Waals surface area contributed by atoms with Crippen molar-refractivity contribution in [2.24, 2.45) is 5.92 Å². The lowest BCUT2D eigenvalue weighted by Crippen LogP contribution is -2.37. The molecule has 0 aliphatic heterocycles. The minimum atomic E-state index is -0.837. The van der Waals surface area contributed by atoms with Crippen LogP contribution in [0.5, 0.6) is 0 Å². The Morgan fingerprint density at radius 1 is 1.43 bits per heavy atom. The fraction of sp³-hybridized carbons (Fsp3) is 0.400. The van der Waals surface area contributed by atoms with Gasteiger partial charge in [0.1, 0.15) is 6.29 Å². The second-order valence-electron chi connectivity index (χ2n) is 5.11. The summed E-state index contributed by atoms with van der Waals surface area (Å²) in [5, 5.41) is 12.0. The van der Waals surface area contributed by atoms with E-state index < -0.39 is 6.04 Å². The van der Waals surface area contributed by atoms with Crippen LogP contribution in [0.2, 0.25) is 5.02 Å². The SMILES string of the molecule is COC[C@H]1C=C(C=O)C[C@H]([N+](=O)[O-])[C@@H]1c1ccc(Cl)cc1. The van der Waals surface area contributed by atoms with Crippen LogP contribution in [0.4, 0.5) is 0 Å². The molecule has 0 spiro atoms. The molecule has 0 unspecified atom stereocenters. The van der Waals surface area contributed by atoms with Crippen LogP contribution >= 0.6 is 11.6 Å². The second kappa shape index (κ2) is 6.83. The molecule has 0 saturated heterocycles. The molecule has 1 aliphatic rings. The first-order valence-electron chi connectivity index (χ1n) is 6.60. The Kier molecular flexibility index (Phi) is 5.09. The Balaban J connectivity index is 2.44. The number of benzene rings is 1. The lowest BCUT2D eigenvalue weighted by Gasteiger charge is -2.31. The fourth-order valence-electron chi connectivity index (χ4n) is 2.89. The van der Waals surface area contributed by atoms with Crippen LogP contribution in [-0.2, 0) is 9.53 Å². The summed E-state index contributed by atoms with van der Waals surface area (Å²) >= 11 is 5.88. The fourth-order valence-corrected chi connectivity index (χ4v) is 3.02. The summed E-state index contributed by atoms with van der Waals surface area (Å²) in [6.45, 7) is 0.328. The van der Waals surface area contributed by atoms with Crippen LogP contribution in [0.1, 0.15) is 17.9 Å². The lowest BCUT2D eigenvalue weighted by molar-refractivity contribution is -0.528. The van der Waals surface area contributed by atoms with Crippen LogP contribution in [0.3, 0.4) is 0 Å². The van der Waals surface area contributed by atoms with Gasteiger partial charge in [0.15, 0.2) is 0 Å². The van der Waals surface area contributed by atoms with Gasteiger partial charge in [-0.15, -0.1) is 0 Å². The van der Waals surface area contributed by atoms with Crippen molar-refractivity contribution in [1.82, 2.24) is 0 Å². The number of hydrogen-bond donors (Lipinski definition) is 0. The number of methoxy groups -OCH3 is 1. The van der Waals surface area contributed by atoms with Gasteiger partial charge in [-0.3, -0.25) is 14.9 Å². The molecule has 0 saturated carbocycles. The topological polar surface area (TPSA) is 69.4 Å². The third-order valence-corrected chi connectivity index (χ3v) is 4.04. The number of ether oxygens (including phenoxy) is 1. The van der Waals surface area contributed by atoms with E-state index in [4.69, 9.17) is 16.3 Å². The van der Waals surface area contributed by atoms with Crippen molar-refractivity contribution in [3.05, 3.63) is 56.6 Å². The Morgan fingerprint density at radius 3 is 2.62 bits per heavy atom. The number of aldehydes is 1. The quantitative estimate of drug-likeness (QED) is 0.476. The van der Waals surface area contributed by atoms with Gasteiger partial charge >= 0.3 is 0 Å². The van der Waals surface area contributed by atoms with E-state index in [-0.39, 0.29) is 23.2 Å². The van der Waals surface area contributed by atoms with E-state index in [1.807, 2.05) is 0 Å². The molecule has 1 aliphatic carbocycles. The molecule has 2 rings (SSSR count). The average Bonchev–Trinajstić information content (AvgIpc) is 2.47. The van der Waals surface area contributed by atoms with Crippen LogP contribution in [0.25, 0.3) is 0 Å². The van der Waals surface area contributed by atoms with Gasteiger partial charge < -0.3 is 4.74 Å². The molecular weight excluding hydrogens is 294 g/mol. The number of nitro groups is 1.